The molecule has 25 nitrogen and oxygen atoms in total. The van der Waals surface area contributed by atoms with Crippen LogP contribution in [0.2, 0.25) is 10.4 Å². The van der Waals surface area contributed by atoms with E-state index >= 15 is 0 Å². The molecule has 15 N–H and O–H groups in total. The molecule has 0 aliphatic rings. The van der Waals surface area contributed by atoms with Gasteiger partial charge in [0.1, 0.15) is 45.1 Å². The fourth-order valence-corrected chi connectivity index (χ4v) is 9.13. The van der Waals surface area contributed by atoms with Gasteiger partial charge in [0.2, 0.25) is 17.2 Å². The van der Waals surface area contributed by atoms with Crippen LogP contribution in [0.3, 0.4) is 0 Å². The number of halogens is 2. The lowest BCUT2D eigenvalue weighted by Crippen LogP contribution is -2.44. The Balaban J connectivity index is 0.000000415. The Morgan fingerprint density at radius 2 is 1.00 bits per heavy atom. The lowest BCUT2D eigenvalue weighted by molar-refractivity contribution is -0.142. The highest BCUT2D eigenvalue weighted by Gasteiger charge is 2.28. The quantitative estimate of drug-likeness (QED) is 0.0123. The van der Waals surface area contributed by atoms with Crippen LogP contribution in [0.25, 0.3) is 33.1 Å². The van der Waals surface area contributed by atoms with Crippen molar-refractivity contribution < 1.29 is 44.2 Å². The van der Waals surface area contributed by atoms with Crippen LogP contribution in [0.5, 0.6) is 23.0 Å². The molecule has 8 rings (SSSR count). The molecule has 6 aromatic heterocycles. The summed E-state index contributed by atoms with van der Waals surface area (Å²) in [6, 6.07) is 22.2. The molecular formula is C67H100BCl2N16O9. The molecule has 8 aromatic rings. The van der Waals surface area contributed by atoms with E-state index in [1.165, 1.54) is 0 Å². The second kappa shape index (κ2) is 42.6. The number of carboxylic acid groups (broad SMARTS) is 1. The number of carbonyl (C=O) groups is 1. The lowest BCUT2D eigenvalue weighted by Gasteiger charge is -2.29. The minimum atomic E-state index is -1.03. The van der Waals surface area contributed by atoms with Gasteiger partial charge in [-0.2, -0.15) is 9.97 Å². The van der Waals surface area contributed by atoms with Crippen molar-refractivity contribution in [1.82, 2.24) is 44.9 Å². The molecule has 95 heavy (non-hydrogen) atoms. The van der Waals surface area contributed by atoms with Crippen LogP contribution in [0.1, 0.15) is 144 Å². The zero-order valence-electron chi connectivity index (χ0n) is 57.2. The van der Waals surface area contributed by atoms with Crippen molar-refractivity contribution in [2.24, 2.45) is 17.2 Å². The highest BCUT2D eigenvalue weighted by Crippen LogP contribution is 2.30. The number of ether oxygens (including phenoxy) is 4. The molecule has 0 fully saturated rings. The van der Waals surface area contributed by atoms with Crippen LogP contribution in [0.15, 0.2) is 91.4 Å². The first-order chi connectivity index (χ1) is 44.8. The molecule has 0 spiro atoms. The number of unbranched alkanes of at least 4 members (excludes halogenated alkanes) is 4. The first-order valence-corrected chi connectivity index (χ1v) is 32.1. The molecular weight excluding hydrogens is 1250 g/mol. The van der Waals surface area contributed by atoms with Crippen LogP contribution in [0, 0.1) is 0 Å². The molecule has 0 aliphatic heterocycles. The summed E-state index contributed by atoms with van der Waals surface area (Å²) in [4.78, 5) is 48.5. The summed E-state index contributed by atoms with van der Waals surface area (Å²) in [5.74, 6) is 3.93. The monoisotopic (exact) mass is 1350 g/mol. The van der Waals surface area contributed by atoms with Crippen molar-refractivity contribution in [3.8, 4) is 23.0 Å². The van der Waals surface area contributed by atoms with Crippen LogP contribution < -0.4 is 57.8 Å². The maximum absolute atomic E-state index is 10.4. The predicted octanol–water partition coefficient (Wildman–Crippen LogP) is 10.9. The first-order valence-electron chi connectivity index (χ1n) is 31.3. The van der Waals surface area contributed by atoms with Crippen molar-refractivity contribution >= 4 is 94.2 Å². The van der Waals surface area contributed by atoms with E-state index < -0.39 is 22.6 Å². The topological polar surface area (TPSA) is 391 Å². The van der Waals surface area contributed by atoms with Gasteiger partial charge >= 0.3 is 5.97 Å². The second-order valence-electron chi connectivity index (χ2n) is 23.3. The number of aliphatic carboxylic acids is 1. The number of carboxylic acids is 1. The SMILES string of the molecule is CCCC[C@@](C)(N)C(=O)O.CCCC[C@@](C)(N)CO.CCCC[C@](C)(CO)Nc1nc(N)nc2cccnc12.CCCC[C@](C)(CO)Nc1nc(NCc2ccc(OC)cc2OC)nc2cccnc12.COc1ccc(CN)c(OC)c1.Clc1nc(Cl)c2ncccc2n1.[B]. The average molecular weight is 1360 g/mol. The molecule has 3 radical (unpaired) electrons. The third-order valence-electron chi connectivity index (χ3n) is 14.7. The molecule has 4 atom stereocenters. The first kappa shape index (κ1) is 83.3. The Labute approximate surface area is 571 Å². The molecule has 519 valence electrons. The molecule has 0 bridgehead atoms. The zero-order valence-corrected chi connectivity index (χ0v) is 58.7. The Morgan fingerprint density at radius 3 is 1.45 bits per heavy atom. The summed E-state index contributed by atoms with van der Waals surface area (Å²) in [5, 5.41) is 47.3. The number of hydrogen-bond donors (Lipinski definition) is 11. The van der Waals surface area contributed by atoms with Gasteiger partial charge in [0.25, 0.3) is 0 Å². The van der Waals surface area contributed by atoms with Crippen molar-refractivity contribution in [1.29, 1.82) is 0 Å². The highest BCUT2D eigenvalue weighted by atomic mass is 35.5. The van der Waals surface area contributed by atoms with E-state index in [0.717, 1.165) is 110 Å². The van der Waals surface area contributed by atoms with Gasteiger partial charge in [-0.3, -0.25) is 19.7 Å². The molecule has 0 saturated heterocycles. The average Bonchev–Trinajstić information content (AvgIpc) is 0.818. The van der Waals surface area contributed by atoms with E-state index in [1.54, 1.807) is 72.2 Å². The zero-order chi connectivity index (χ0) is 69.9. The number of rotatable bonds is 28. The number of aliphatic hydroxyl groups is 3. The number of nitrogens with one attached hydrogen (secondary N) is 3. The van der Waals surface area contributed by atoms with E-state index in [4.69, 9.17) is 75.3 Å². The van der Waals surface area contributed by atoms with Crippen molar-refractivity contribution in [2.75, 3.05) is 69.9 Å². The lowest BCUT2D eigenvalue weighted by atomic mass is 9.96. The van der Waals surface area contributed by atoms with Gasteiger partial charge in [-0.25, -0.2) is 19.9 Å². The number of methoxy groups -OCH3 is 4. The second-order valence-corrected chi connectivity index (χ2v) is 24.0. The molecule has 0 amide bonds. The summed E-state index contributed by atoms with van der Waals surface area (Å²) in [6.07, 6.45) is 16.4. The smallest absolute Gasteiger partial charge is 0.323 e. The van der Waals surface area contributed by atoms with Crippen molar-refractivity contribution in [3.05, 3.63) is 113 Å². The number of aliphatic hydroxyl groups excluding tert-OH is 3. The molecule has 0 unspecified atom stereocenters. The molecule has 2 aromatic carbocycles. The summed E-state index contributed by atoms with van der Waals surface area (Å²) >= 11 is 11.4. The van der Waals surface area contributed by atoms with Crippen LogP contribution in [-0.4, -0.2) is 150 Å². The van der Waals surface area contributed by atoms with Crippen molar-refractivity contribution in [3.63, 3.8) is 0 Å². The number of nitrogen functional groups attached to an aromatic ring is 1. The van der Waals surface area contributed by atoms with Crippen molar-refractivity contribution in [2.45, 2.75) is 168 Å². The molecule has 0 aliphatic carbocycles. The standard InChI is InChI=1S/C23H31N5O3.C14H21N5O.C9H13NO2.C7H3Cl2N3.C7H15NO2.C7H17NO.B/c1-5-6-11-23(2,15-29)28-21-20-18(8-7-12-24-20)26-22(27-21)25-14-16-9-10-17(30-3)13-19(16)31-4;1-3-4-7-14(2,9-20)19-12-11-10(6-5-8-16-11)17-13(15)18-12;1-11-8-4-3-7(6-10)9(5-8)12-2;8-6-5-4(2-1-3-10-5)11-7(9)12-6;1-3-4-5-7(2,8)6(9)10;1-3-4-5-7(2,8)6-9;/h7-10,12-13,29H,5-6,11,14-15H2,1-4H3,(H2,25,26,27,28);5-6,8,20H,3-4,7,9H2,1-2H3,(H3,15,17,18,19);3-5H,6,10H2,1-2H3;1-3H;3-5,8H2,1-2H3,(H,9,10);9H,3-6,8H2,1-2H3;/t23-;14-;;;2*7-;/m11..11./s1. The third kappa shape index (κ3) is 28.2. The number of nitrogens with two attached hydrogens (primary N) is 4. The fourth-order valence-electron chi connectivity index (χ4n) is 8.68. The van der Waals surface area contributed by atoms with E-state index in [1.807, 2.05) is 82.3 Å². The minimum Gasteiger partial charge on any atom is -0.497 e. The fraction of sp³-hybridized carbons (Fsp3) is 0.493. The van der Waals surface area contributed by atoms with Crippen LogP contribution in [-0.2, 0) is 17.9 Å². The molecule has 0 saturated carbocycles. The third-order valence-corrected chi connectivity index (χ3v) is 15.1. The maximum Gasteiger partial charge on any atom is 0.323 e. The number of fused-ring (bicyclic) bond motifs is 3. The largest absolute Gasteiger partial charge is 0.497 e. The van der Waals surface area contributed by atoms with Gasteiger partial charge in [-0.15, -0.1) is 0 Å². The van der Waals surface area contributed by atoms with E-state index in [0.29, 0.717) is 64.7 Å². The van der Waals surface area contributed by atoms with E-state index in [-0.39, 0.29) is 50.2 Å². The number of anilines is 4. The Kier molecular flexibility index (Phi) is 37.3. The van der Waals surface area contributed by atoms with Gasteiger partial charge in [0, 0.05) is 68.9 Å². The highest BCUT2D eigenvalue weighted by molar-refractivity contribution is 6.35. The van der Waals surface area contributed by atoms with E-state index in [9.17, 15) is 15.0 Å². The van der Waals surface area contributed by atoms with Crippen LogP contribution in [0.4, 0.5) is 23.5 Å². The molecule has 6 heterocycles. The number of hydrogen-bond acceptors (Lipinski definition) is 24. The Morgan fingerprint density at radius 1 is 0.558 bits per heavy atom. The van der Waals surface area contributed by atoms with Gasteiger partial charge in [0.15, 0.2) is 16.8 Å². The normalized spacial score (nSPS) is 13.1. The number of benzene rings is 2. The van der Waals surface area contributed by atoms with E-state index in [2.05, 4.69) is 81.6 Å². The Bertz CT molecular complexity index is 3550. The predicted molar refractivity (Wildman–Crippen MR) is 383 cm³/mol. The number of aromatic nitrogens is 9. The molecule has 28 heteroatoms. The van der Waals surface area contributed by atoms with Gasteiger partial charge < -0.3 is 78.3 Å². The minimum absolute atomic E-state index is 0. The number of pyridine rings is 3. The Hall–Kier alpha value is -7.82. The summed E-state index contributed by atoms with van der Waals surface area (Å²) in [6.45, 7) is 16.8. The van der Waals surface area contributed by atoms with Gasteiger partial charge in [0.05, 0.1) is 75.9 Å². The van der Waals surface area contributed by atoms with Gasteiger partial charge in [-0.1, -0.05) is 96.7 Å². The maximum atomic E-state index is 10.4. The summed E-state index contributed by atoms with van der Waals surface area (Å²) in [5.41, 5.74) is 25.9. The number of nitrogens with zero attached hydrogens (tertiary/aromatic N) is 9. The summed E-state index contributed by atoms with van der Waals surface area (Å²) < 4.78 is 20.9. The van der Waals surface area contributed by atoms with Crippen LogP contribution >= 0.6 is 23.2 Å². The summed E-state index contributed by atoms with van der Waals surface area (Å²) in [7, 11) is 6.49. The van der Waals surface area contributed by atoms with Gasteiger partial charge in [-0.05, 0) is 120 Å².